The van der Waals surface area contributed by atoms with E-state index >= 15 is 0 Å². The standard InChI is InChI=1S/C22H43N5O3/c1-16(2)18(26-21(29)30-22(3,4)5)12-15-27(7)20(23-6)25-14-9-13-24-19(28)17-10-8-11-17/h16-18H,8-15H2,1-7H3,(H,23,25)(H,24,28)(H,26,29). The number of alkyl carbamates (subject to hydrolysis) is 1. The van der Waals surface area contributed by atoms with Gasteiger partial charge in [0.2, 0.25) is 5.91 Å². The topological polar surface area (TPSA) is 95.1 Å². The Kier molecular flexibility index (Phi) is 11.0. The molecule has 0 aliphatic heterocycles. The molecule has 1 saturated carbocycles. The lowest BCUT2D eigenvalue weighted by Crippen LogP contribution is -2.45. The Hall–Kier alpha value is -1.99. The summed E-state index contributed by atoms with van der Waals surface area (Å²) < 4.78 is 5.38. The van der Waals surface area contributed by atoms with Crippen LogP contribution >= 0.6 is 0 Å². The van der Waals surface area contributed by atoms with Gasteiger partial charge in [-0.15, -0.1) is 0 Å². The number of hydrogen-bond donors (Lipinski definition) is 3. The van der Waals surface area contributed by atoms with Crippen molar-refractivity contribution in [2.24, 2.45) is 16.8 Å². The average molecular weight is 426 g/mol. The third-order valence-corrected chi connectivity index (χ3v) is 5.27. The fourth-order valence-corrected chi connectivity index (χ4v) is 3.17. The maximum absolute atomic E-state index is 12.1. The summed E-state index contributed by atoms with van der Waals surface area (Å²) in [5, 5.41) is 9.33. The Morgan fingerprint density at radius 1 is 1.17 bits per heavy atom. The van der Waals surface area contributed by atoms with Gasteiger partial charge in [0.25, 0.3) is 0 Å². The molecule has 3 N–H and O–H groups in total. The van der Waals surface area contributed by atoms with E-state index in [1.165, 1.54) is 6.42 Å². The molecule has 0 aromatic carbocycles. The molecule has 0 aromatic rings. The van der Waals surface area contributed by atoms with Crippen LogP contribution in [0.25, 0.3) is 0 Å². The summed E-state index contributed by atoms with van der Waals surface area (Å²) in [6.07, 6.45) is 4.48. The molecule has 30 heavy (non-hydrogen) atoms. The fourth-order valence-electron chi connectivity index (χ4n) is 3.17. The summed E-state index contributed by atoms with van der Waals surface area (Å²) in [5.74, 6) is 1.53. The molecule has 0 aromatic heterocycles. The largest absolute Gasteiger partial charge is 0.444 e. The smallest absolute Gasteiger partial charge is 0.407 e. The van der Waals surface area contributed by atoms with Crippen molar-refractivity contribution >= 4 is 18.0 Å². The van der Waals surface area contributed by atoms with Crippen LogP contribution in [0.5, 0.6) is 0 Å². The van der Waals surface area contributed by atoms with Gasteiger partial charge in [0, 0.05) is 45.7 Å². The zero-order valence-corrected chi connectivity index (χ0v) is 20.0. The summed E-state index contributed by atoms with van der Waals surface area (Å²) in [5.41, 5.74) is -0.508. The Labute approximate surface area is 182 Å². The number of amides is 2. The molecule has 1 unspecified atom stereocenters. The number of ether oxygens (including phenoxy) is 1. The SMILES string of the molecule is CN=C(NCCCNC(=O)C1CCC1)N(C)CCC(NC(=O)OC(C)(C)C)C(C)C. The third-order valence-electron chi connectivity index (χ3n) is 5.27. The van der Waals surface area contributed by atoms with Crippen LogP contribution in [0, 0.1) is 11.8 Å². The minimum absolute atomic E-state index is 0.0159. The number of rotatable bonds is 10. The first-order valence-electron chi connectivity index (χ1n) is 11.2. The third kappa shape index (κ3) is 10.2. The number of nitrogens with one attached hydrogen (secondary N) is 3. The van der Waals surface area contributed by atoms with Gasteiger partial charge < -0.3 is 25.6 Å². The van der Waals surface area contributed by atoms with Crippen molar-refractivity contribution in [2.75, 3.05) is 33.7 Å². The molecule has 2 amide bonds. The minimum Gasteiger partial charge on any atom is -0.444 e. The molecule has 1 atom stereocenters. The van der Waals surface area contributed by atoms with Crippen LogP contribution in [-0.2, 0) is 9.53 Å². The van der Waals surface area contributed by atoms with E-state index in [9.17, 15) is 9.59 Å². The van der Waals surface area contributed by atoms with E-state index in [2.05, 4.69) is 39.7 Å². The van der Waals surface area contributed by atoms with E-state index in [-0.39, 0.29) is 24.0 Å². The van der Waals surface area contributed by atoms with Gasteiger partial charge in [-0.05, 0) is 52.4 Å². The number of aliphatic imine (C=N–C) groups is 1. The van der Waals surface area contributed by atoms with Gasteiger partial charge in [-0.2, -0.15) is 0 Å². The molecule has 1 rings (SSSR count). The second-order valence-electron chi connectivity index (χ2n) is 9.45. The highest BCUT2D eigenvalue weighted by Gasteiger charge is 2.24. The highest BCUT2D eigenvalue weighted by Crippen LogP contribution is 2.26. The van der Waals surface area contributed by atoms with Gasteiger partial charge in [0.15, 0.2) is 5.96 Å². The molecule has 1 aliphatic carbocycles. The zero-order chi connectivity index (χ0) is 22.7. The van der Waals surface area contributed by atoms with Crippen LogP contribution in [0.1, 0.15) is 66.7 Å². The van der Waals surface area contributed by atoms with Crippen LogP contribution in [-0.4, -0.2) is 68.2 Å². The van der Waals surface area contributed by atoms with E-state index in [1.807, 2.05) is 27.8 Å². The van der Waals surface area contributed by atoms with Crippen LogP contribution in [0.2, 0.25) is 0 Å². The normalized spacial score (nSPS) is 15.9. The zero-order valence-electron chi connectivity index (χ0n) is 20.0. The minimum atomic E-state index is -0.508. The molecule has 0 heterocycles. The molecule has 0 spiro atoms. The Morgan fingerprint density at radius 2 is 1.80 bits per heavy atom. The van der Waals surface area contributed by atoms with Crippen molar-refractivity contribution < 1.29 is 14.3 Å². The predicted octanol–water partition coefficient (Wildman–Crippen LogP) is 2.74. The van der Waals surface area contributed by atoms with Gasteiger partial charge in [0.1, 0.15) is 5.60 Å². The summed E-state index contributed by atoms with van der Waals surface area (Å²) in [7, 11) is 3.74. The molecule has 0 saturated heterocycles. The van der Waals surface area contributed by atoms with Gasteiger partial charge in [-0.25, -0.2) is 4.79 Å². The van der Waals surface area contributed by atoms with E-state index in [1.54, 1.807) is 7.05 Å². The Bertz CT molecular complexity index is 568. The molecular formula is C22H43N5O3. The maximum atomic E-state index is 12.1. The quantitative estimate of drug-likeness (QED) is 0.284. The van der Waals surface area contributed by atoms with Gasteiger partial charge in [-0.1, -0.05) is 20.3 Å². The first-order valence-corrected chi connectivity index (χ1v) is 11.2. The molecule has 174 valence electrons. The fraction of sp³-hybridized carbons (Fsp3) is 0.864. The van der Waals surface area contributed by atoms with Gasteiger partial charge >= 0.3 is 6.09 Å². The molecule has 1 fully saturated rings. The van der Waals surface area contributed by atoms with Crippen LogP contribution in [0.4, 0.5) is 4.79 Å². The first-order chi connectivity index (χ1) is 14.0. The van der Waals surface area contributed by atoms with Crippen LogP contribution in [0.15, 0.2) is 4.99 Å². The Morgan fingerprint density at radius 3 is 2.30 bits per heavy atom. The highest BCUT2D eigenvalue weighted by atomic mass is 16.6. The lowest BCUT2D eigenvalue weighted by atomic mass is 9.85. The summed E-state index contributed by atoms with van der Waals surface area (Å²) in [6, 6.07) is 0.0159. The predicted molar refractivity (Wildman–Crippen MR) is 122 cm³/mol. The van der Waals surface area contributed by atoms with Crippen molar-refractivity contribution in [3.05, 3.63) is 0 Å². The molecule has 0 bridgehead atoms. The van der Waals surface area contributed by atoms with E-state index in [0.717, 1.165) is 44.7 Å². The first kappa shape index (κ1) is 26.0. The Balaban J connectivity index is 2.33. The number of nitrogens with zero attached hydrogens (tertiary/aromatic N) is 2. The van der Waals surface area contributed by atoms with Crippen molar-refractivity contribution in [1.29, 1.82) is 0 Å². The highest BCUT2D eigenvalue weighted by molar-refractivity contribution is 5.80. The van der Waals surface area contributed by atoms with Gasteiger partial charge in [0.05, 0.1) is 0 Å². The van der Waals surface area contributed by atoms with Crippen molar-refractivity contribution in [3.8, 4) is 0 Å². The molecule has 8 heteroatoms. The molecule has 1 aliphatic rings. The molecular weight excluding hydrogens is 382 g/mol. The monoisotopic (exact) mass is 425 g/mol. The van der Waals surface area contributed by atoms with E-state index in [0.29, 0.717) is 12.5 Å². The average Bonchev–Trinajstić information content (AvgIpc) is 2.58. The number of carbonyl (C=O) groups is 2. The second-order valence-corrected chi connectivity index (χ2v) is 9.45. The van der Waals surface area contributed by atoms with E-state index < -0.39 is 5.60 Å². The maximum Gasteiger partial charge on any atom is 0.407 e. The molecule has 8 nitrogen and oxygen atoms in total. The lowest BCUT2D eigenvalue weighted by molar-refractivity contribution is -0.127. The van der Waals surface area contributed by atoms with Crippen LogP contribution in [0.3, 0.4) is 0 Å². The lowest BCUT2D eigenvalue weighted by Gasteiger charge is -2.28. The summed E-state index contributed by atoms with van der Waals surface area (Å²) in [6.45, 7) is 11.9. The van der Waals surface area contributed by atoms with Crippen LogP contribution < -0.4 is 16.0 Å². The number of carbonyl (C=O) groups excluding carboxylic acids is 2. The van der Waals surface area contributed by atoms with Crippen molar-refractivity contribution in [1.82, 2.24) is 20.9 Å². The molecule has 0 radical (unpaired) electrons. The summed E-state index contributed by atoms with van der Waals surface area (Å²) >= 11 is 0. The number of hydrogen-bond acceptors (Lipinski definition) is 4. The second kappa shape index (κ2) is 12.6. The van der Waals surface area contributed by atoms with Gasteiger partial charge in [-0.3, -0.25) is 9.79 Å². The number of guanidine groups is 1. The van der Waals surface area contributed by atoms with E-state index in [4.69, 9.17) is 4.74 Å². The van der Waals surface area contributed by atoms with Crippen molar-refractivity contribution in [2.45, 2.75) is 78.4 Å². The summed E-state index contributed by atoms with van der Waals surface area (Å²) in [4.78, 5) is 30.3. The van der Waals surface area contributed by atoms with Crippen molar-refractivity contribution in [3.63, 3.8) is 0 Å².